The zero-order valence-electron chi connectivity index (χ0n) is 17.4. The lowest BCUT2D eigenvalue weighted by Gasteiger charge is -2.25. The van der Waals surface area contributed by atoms with Crippen LogP contribution in [0.2, 0.25) is 5.02 Å². The van der Waals surface area contributed by atoms with Gasteiger partial charge in [0.05, 0.1) is 23.8 Å². The van der Waals surface area contributed by atoms with Gasteiger partial charge in [-0.05, 0) is 30.5 Å². The van der Waals surface area contributed by atoms with Gasteiger partial charge in [0.2, 0.25) is 17.7 Å². The number of nitrogens with one attached hydrogen (secondary N) is 2. The van der Waals surface area contributed by atoms with Crippen LogP contribution in [-0.2, 0) is 20.9 Å². The molecule has 2 N–H and O–H groups in total. The minimum absolute atomic E-state index is 0.0862. The lowest BCUT2D eigenvalue weighted by molar-refractivity contribution is -0.128. The molecule has 2 aromatic rings. The minimum Gasteiger partial charge on any atom is -0.352 e. The Bertz CT molecular complexity index is 985. The van der Waals surface area contributed by atoms with Gasteiger partial charge in [-0.25, -0.2) is 0 Å². The van der Waals surface area contributed by atoms with E-state index in [-0.39, 0.29) is 36.7 Å². The third-order valence-electron chi connectivity index (χ3n) is 6.04. The van der Waals surface area contributed by atoms with E-state index in [0.29, 0.717) is 10.7 Å². The smallest absolute Gasteiger partial charge is 0.241 e. The van der Waals surface area contributed by atoms with E-state index in [1.807, 2.05) is 12.1 Å². The number of benzene rings is 1. The first kappa shape index (κ1) is 21.4. The number of amides is 3. The largest absolute Gasteiger partial charge is 0.352 e. The molecule has 1 aromatic carbocycles. The van der Waals surface area contributed by atoms with Crippen LogP contribution in [0.3, 0.4) is 0 Å². The Morgan fingerprint density at radius 2 is 2.03 bits per heavy atom. The first-order chi connectivity index (χ1) is 14.9. The first-order valence-corrected chi connectivity index (χ1v) is 10.9. The summed E-state index contributed by atoms with van der Waals surface area (Å²) in [6.07, 6.45) is 7.60. The Balaban J connectivity index is 1.40. The Morgan fingerprint density at radius 3 is 2.77 bits per heavy atom. The lowest BCUT2D eigenvalue weighted by Crippen LogP contribution is -2.35. The summed E-state index contributed by atoms with van der Waals surface area (Å²) in [7, 11) is 1.70. The van der Waals surface area contributed by atoms with E-state index in [4.69, 9.17) is 11.6 Å². The topological polar surface area (TPSA) is 96.3 Å². The van der Waals surface area contributed by atoms with Crippen molar-refractivity contribution in [2.45, 2.75) is 50.7 Å². The molecule has 0 spiro atoms. The van der Waals surface area contributed by atoms with Gasteiger partial charge in [-0.2, -0.15) is 5.10 Å². The number of nitrogens with zero attached hydrogens (tertiary/aromatic N) is 3. The summed E-state index contributed by atoms with van der Waals surface area (Å²) in [4.78, 5) is 39.1. The average molecular weight is 444 g/mol. The molecule has 2 heterocycles. The summed E-state index contributed by atoms with van der Waals surface area (Å²) in [5.41, 5.74) is 1.31. The maximum Gasteiger partial charge on any atom is 0.241 e. The second kappa shape index (κ2) is 9.09. The number of aromatic nitrogens is 2. The highest BCUT2D eigenvalue weighted by Crippen LogP contribution is 2.38. The van der Waals surface area contributed by atoms with Crippen molar-refractivity contribution in [2.75, 3.05) is 12.4 Å². The zero-order chi connectivity index (χ0) is 22.0. The zero-order valence-corrected chi connectivity index (χ0v) is 18.1. The maximum absolute atomic E-state index is 13.0. The normalized spacial score (nSPS) is 21.5. The van der Waals surface area contributed by atoms with Crippen LogP contribution in [0.1, 0.15) is 43.7 Å². The van der Waals surface area contributed by atoms with Crippen LogP contribution in [0.25, 0.3) is 0 Å². The van der Waals surface area contributed by atoms with Crippen LogP contribution >= 0.6 is 11.6 Å². The molecule has 8 nitrogen and oxygen atoms in total. The van der Waals surface area contributed by atoms with E-state index in [2.05, 4.69) is 15.7 Å². The third kappa shape index (κ3) is 4.90. The van der Waals surface area contributed by atoms with E-state index < -0.39 is 12.0 Å². The molecular formula is C22H26ClN5O3. The summed E-state index contributed by atoms with van der Waals surface area (Å²) in [5.74, 6) is -0.996. The number of hydrogen-bond donors (Lipinski definition) is 2. The molecule has 9 heteroatoms. The Morgan fingerprint density at radius 1 is 1.26 bits per heavy atom. The van der Waals surface area contributed by atoms with E-state index in [0.717, 1.165) is 31.2 Å². The van der Waals surface area contributed by atoms with E-state index in [1.165, 1.54) is 10.9 Å². The molecule has 1 aliphatic carbocycles. The maximum atomic E-state index is 13.0. The van der Waals surface area contributed by atoms with E-state index in [9.17, 15) is 14.4 Å². The molecule has 2 unspecified atom stereocenters. The summed E-state index contributed by atoms with van der Waals surface area (Å²) in [6, 6.07) is 7.08. The van der Waals surface area contributed by atoms with Crippen molar-refractivity contribution in [3.05, 3.63) is 47.2 Å². The molecule has 164 valence electrons. The van der Waals surface area contributed by atoms with Crippen LogP contribution in [0, 0.1) is 5.92 Å². The number of carbonyl (C=O) groups excluding carboxylic acids is 3. The summed E-state index contributed by atoms with van der Waals surface area (Å²) in [5, 5.41) is 10.6. The molecule has 1 saturated carbocycles. The molecule has 1 aliphatic heterocycles. The first-order valence-electron chi connectivity index (χ1n) is 10.5. The van der Waals surface area contributed by atoms with Gasteiger partial charge in [0, 0.05) is 30.7 Å². The van der Waals surface area contributed by atoms with Crippen LogP contribution in [-0.4, -0.2) is 45.5 Å². The van der Waals surface area contributed by atoms with Crippen molar-refractivity contribution in [3.63, 3.8) is 0 Å². The number of likely N-dealkylation sites (tertiary alicyclic amines) is 1. The van der Waals surface area contributed by atoms with Crippen molar-refractivity contribution < 1.29 is 14.4 Å². The predicted molar refractivity (Wildman–Crippen MR) is 116 cm³/mol. The minimum atomic E-state index is -0.551. The SMILES string of the molecule is CN1C(=O)CC(C(=O)Nc2cnn(CC(=O)NC3CCCC3)c2)C1c1cccc(Cl)c1. The Kier molecular flexibility index (Phi) is 6.27. The lowest BCUT2D eigenvalue weighted by atomic mass is 9.93. The highest BCUT2D eigenvalue weighted by atomic mass is 35.5. The van der Waals surface area contributed by atoms with Crippen LogP contribution in [0.4, 0.5) is 5.69 Å². The molecule has 2 atom stereocenters. The number of carbonyl (C=O) groups is 3. The highest BCUT2D eigenvalue weighted by Gasteiger charge is 2.42. The summed E-state index contributed by atoms with van der Waals surface area (Å²) in [6.45, 7) is 0.0994. The monoisotopic (exact) mass is 443 g/mol. The van der Waals surface area contributed by atoms with Gasteiger partial charge in [0.15, 0.2) is 0 Å². The number of rotatable bonds is 6. The van der Waals surface area contributed by atoms with Gasteiger partial charge in [-0.3, -0.25) is 19.1 Å². The van der Waals surface area contributed by atoms with Gasteiger partial charge in [0.25, 0.3) is 0 Å². The highest BCUT2D eigenvalue weighted by molar-refractivity contribution is 6.30. The molecule has 2 fully saturated rings. The molecule has 0 radical (unpaired) electrons. The van der Waals surface area contributed by atoms with Gasteiger partial charge < -0.3 is 15.5 Å². The van der Waals surface area contributed by atoms with E-state index >= 15 is 0 Å². The van der Waals surface area contributed by atoms with Crippen LogP contribution in [0.15, 0.2) is 36.7 Å². The number of anilines is 1. The molecule has 2 aliphatic rings. The van der Waals surface area contributed by atoms with Crippen molar-refractivity contribution >= 4 is 35.0 Å². The standard InChI is InChI=1S/C22H26ClN5O3/c1-27-20(30)10-18(21(27)14-5-4-6-15(23)9-14)22(31)26-17-11-24-28(12-17)13-19(29)25-16-7-2-3-8-16/h4-6,9,11-12,16,18,21H,2-3,7-8,10,13H2,1H3,(H,25,29)(H,26,31). The molecule has 31 heavy (non-hydrogen) atoms. The molecule has 0 bridgehead atoms. The van der Waals surface area contributed by atoms with Crippen LogP contribution < -0.4 is 10.6 Å². The van der Waals surface area contributed by atoms with Crippen molar-refractivity contribution in [1.82, 2.24) is 20.0 Å². The molecular weight excluding hydrogens is 418 g/mol. The molecule has 3 amide bonds. The van der Waals surface area contributed by atoms with Gasteiger partial charge in [-0.1, -0.05) is 36.6 Å². The van der Waals surface area contributed by atoms with E-state index in [1.54, 1.807) is 30.3 Å². The van der Waals surface area contributed by atoms with Gasteiger partial charge >= 0.3 is 0 Å². The summed E-state index contributed by atoms with van der Waals surface area (Å²) < 4.78 is 1.50. The Hall–Kier alpha value is -2.87. The second-order valence-corrected chi connectivity index (χ2v) is 8.72. The number of hydrogen-bond acceptors (Lipinski definition) is 4. The van der Waals surface area contributed by atoms with Crippen molar-refractivity contribution in [3.8, 4) is 0 Å². The fourth-order valence-corrected chi connectivity index (χ4v) is 4.69. The fraction of sp³-hybridized carbons (Fsp3) is 0.455. The van der Waals surface area contributed by atoms with Gasteiger partial charge in [-0.15, -0.1) is 0 Å². The molecule has 1 saturated heterocycles. The average Bonchev–Trinajstić information content (AvgIpc) is 3.44. The van der Waals surface area contributed by atoms with Crippen LogP contribution in [0.5, 0.6) is 0 Å². The quantitative estimate of drug-likeness (QED) is 0.717. The second-order valence-electron chi connectivity index (χ2n) is 8.28. The van der Waals surface area contributed by atoms with Crippen molar-refractivity contribution in [2.24, 2.45) is 5.92 Å². The summed E-state index contributed by atoms with van der Waals surface area (Å²) >= 11 is 6.11. The molecule has 1 aromatic heterocycles. The number of halogens is 1. The van der Waals surface area contributed by atoms with Gasteiger partial charge in [0.1, 0.15) is 6.54 Å². The van der Waals surface area contributed by atoms with Crippen molar-refractivity contribution in [1.29, 1.82) is 0 Å². The third-order valence-corrected chi connectivity index (χ3v) is 6.28. The fourth-order valence-electron chi connectivity index (χ4n) is 4.49. The molecule has 4 rings (SSSR count). The predicted octanol–water partition coefficient (Wildman–Crippen LogP) is 2.75. The Labute approximate surface area is 185 Å².